The predicted molar refractivity (Wildman–Crippen MR) is 76.4 cm³/mol. The summed E-state index contributed by atoms with van der Waals surface area (Å²) in [6, 6.07) is 5.86. The molecule has 0 aliphatic carbocycles. The van der Waals surface area contributed by atoms with E-state index in [9.17, 15) is 13.2 Å². The van der Waals surface area contributed by atoms with Crippen molar-refractivity contribution in [3.8, 4) is 0 Å². The van der Waals surface area contributed by atoms with Crippen LogP contribution in [0.1, 0.15) is 17.2 Å². The third-order valence-electron chi connectivity index (χ3n) is 2.93. The lowest BCUT2D eigenvalue weighted by atomic mass is 9.98. The summed E-state index contributed by atoms with van der Waals surface area (Å²) in [6.07, 6.45) is 0. The summed E-state index contributed by atoms with van der Waals surface area (Å²) in [5.41, 5.74) is 0.875. The molecule has 1 atom stereocenters. The van der Waals surface area contributed by atoms with Crippen molar-refractivity contribution in [3.05, 3.63) is 68.4 Å². The molecule has 0 spiro atoms. The van der Waals surface area contributed by atoms with Gasteiger partial charge in [-0.25, -0.2) is 13.2 Å². The lowest BCUT2D eigenvalue weighted by molar-refractivity contribution is 0.504. The van der Waals surface area contributed by atoms with E-state index in [1.807, 2.05) is 0 Å². The van der Waals surface area contributed by atoms with Gasteiger partial charge in [0.25, 0.3) is 0 Å². The number of nitrogens with one attached hydrogen (secondary N) is 1. The summed E-state index contributed by atoms with van der Waals surface area (Å²) in [6.45, 7) is 0. The standard InChI is InChI=1S/C14H10BrClF3N/c1-20-14(7-3-2-4-10(17)13(7)15)8-5-11(18)12(19)6-9(8)16/h2-6,14,20H,1H3. The lowest BCUT2D eigenvalue weighted by Crippen LogP contribution is -2.19. The molecule has 0 heterocycles. The van der Waals surface area contributed by atoms with Crippen molar-refractivity contribution in [1.82, 2.24) is 5.32 Å². The molecule has 6 heteroatoms. The monoisotopic (exact) mass is 363 g/mol. The van der Waals surface area contributed by atoms with Crippen molar-refractivity contribution < 1.29 is 13.2 Å². The Hall–Kier alpha value is -1.04. The molecule has 2 aromatic rings. The van der Waals surface area contributed by atoms with Crippen LogP contribution in [0.4, 0.5) is 13.2 Å². The highest BCUT2D eigenvalue weighted by molar-refractivity contribution is 9.10. The summed E-state index contributed by atoms with van der Waals surface area (Å²) in [7, 11) is 1.62. The van der Waals surface area contributed by atoms with E-state index in [0.29, 0.717) is 11.1 Å². The van der Waals surface area contributed by atoms with E-state index in [1.54, 1.807) is 13.1 Å². The molecule has 1 unspecified atom stereocenters. The van der Waals surface area contributed by atoms with Crippen LogP contribution in [-0.4, -0.2) is 7.05 Å². The highest BCUT2D eigenvalue weighted by Gasteiger charge is 2.21. The average molecular weight is 365 g/mol. The Balaban J connectivity index is 2.58. The van der Waals surface area contributed by atoms with E-state index in [0.717, 1.165) is 12.1 Å². The highest BCUT2D eigenvalue weighted by Crippen LogP contribution is 2.34. The first-order valence-corrected chi connectivity index (χ1v) is 6.88. The van der Waals surface area contributed by atoms with E-state index in [-0.39, 0.29) is 9.50 Å². The zero-order valence-electron chi connectivity index (χ0n) is 10.4. The van der Waals surface area contributed by atoms with E-state index >= 15 is 0 Å². The Labute approximate surface area is 127 Å². The average Bonchev–Trinajstić information content (AvgIpc) is 2.41. The summed E-state index contributed by atoms with van der Waals surface area (Å²) in [4.78, 5) is 0. The molecule has 0 fully saturated rings. The van der Waals surface area contributed by atoms with Gasteiger partial charge in [0.05, 0.1) is 10.5 Å². The van der Waals surface area contributed by atoms with E-state index < -0.39 is 23.5 Å². The van der Waals surface area contributed by atoms with Crippen molar-refractivity contribution in [3.63, 3.8) is 0 Å². The van der Waals surface area contributed by atoms with Crippen LogP contribution in [0.3, 0.4) is 0 Å². The van der Waals surface area contributed by atoms with Crippen LogP contribution in [0, 0.1) is 17.5 Å². The highest BCUT2D eigenvalue weighted by atomic mass is 79.9. The molecule has 1 nitrogen and oxygen atoms in total. The molecule has 1 N–H and O–H groups in total. The molecular formula is C14H10BrClF3N. The fourth-order valence-corrected chi connectivity index (χ4v) is 2.73. The Bertz CT molecular complexity index is 649. The second kappa shape index (κ2) is 6.16. The van der Waals surface area contributed by atoms with Crippen LogP contribution in [0.25, 0.3) is 0 Å². The smallest absolute Gasteiger partial charge is 0.160 e. The Kier molecular flexibility index (Phi) is 4.73. The van der Waals surface area contributed by atoms with Gasteiger partial charge < -0.3 is 5.32 Å². The van der Waals surface area contributed by atoms with Gasteiger partial charge in [-0.1, -0.05) is 23.7 Å². The molecule has 0 amide bonds. The maximum atomic E-state index is 13.6. The maximum absolute atomic E-state index is 13.6. The van der Waals surface area contributed by atoms with Crippen LogP contribution in [-0.2, 0) is 0 Å². The van der Waals surface area contributed by atoms with Crippen molar-refractivity contribution in [2.24, 2.45) is 0 Å². The number of hydrogen-bond donors (Lipinski definition) is 1. The van der Waals surface area contributed by atoms with Crippen LogP contribution in [0.5, 0.6) is 0 Å². The third kappa shape index (κ3) is 2.85. The molecular weight excluding hydrogens is 355 g/mol. The molecule has 0 saturated carbocycles. The van der Waals surface area contributed by atoms with Crippen molar-refractivity contribution in [2.75, 3.05) is 7.05 Å². The summed E-state index contributed by atoms with van der Waals surface area (Å²) in [5.74, 6) is -2.47. The first kappa shape index (κ1) is 15.4. The largest absolute Gasteiger partial charge is 0.309 e. The van der Waals surface area contributed by atoms with Gasteiger partial charge in [0, 0.05) is 5.02 Å². The molecule has 0 aromatic heterocycles. The van der Waals surface area contributed by atoms with Crippen LogP contribution in [0.2, 0.25) is 5.02 Å². The molecule has 0 aliphatic rings. The third-order valence-corrected chi connectivity index (χ3v) is 4.10. The fraction of sp³-hybridized carbons (Fsp3) is 0.143. The molecule has 0 bridgehead atoms. The van der Waals surface area contributed by atoms with Crippen LogP contribution in [0.15, 0.2) is 34.8 Å². The summed E-state index contributed by atoms with van der Waals surface area (Å²) in [5, 5.41) is 2.99. The van der Waals surface area contributed by atoms with E-state index in [2.05, 4.69) is 21.2 Å². The number of halogens is 5. The van der Waals surface area contributed by atoms with Crippen molar-refractivity contribution in [1.29, 1.82) is 0 Å². The number of benzene rings is 2. The van der Waals surface area contributed by atoms with Gasteiger partial charge in [0.1, 0.15) is 5.82 Å². The Morgan fingerprint density at radius 3 is 2.35 bits per heavy atom. The van der Waals surface area contributed by atoms with Crippen molar-refractivity contribution >= 4 is 27.5 Å². The van der Waals surface area contributed by atoms with E-state index in [4.69, 9.17) is 11.6 Å². The van der Waals surface area contributed by atoms with Gasteiger partial charge in [0.2, 0.25) is 0 Å². The molecule has 2 aromatic carbocycles. The number of rotatable bonds is 3. The minimum Gasteiger partial charge on any atom is -0.309 e. The summed E-state index contributed by atoms with van der Waals surface area (Å²) < 4.78 is 40.4. The Morgan fingerprint density at radius 2 is 1.70 bits per heavy atom. The van der Waals surface area contributed by atoms with Gasteiger partial charge in [-0.05, 0) is 52.3 Å². The SMILES string of the molecule is CNC(c1cc(F)c(F)cc1Cl)c1cccc(F)c1Br. The second-order valence-corrected chi connectivity index (χ2v) is 5.35. The first-order chi connectivity index (χ1) is 9.45. The maximum Gasteiger partial charge on any atom is 0.160 e. The zero-order valence-corrected chi connectivity index (χ0v) is 12.7. The first-order valence-electron chi connectivity index (χ1n) is 5.71. The number of hydrogen-bond acceptors (Lipinski definition) is 1. The van der Waals surface area contributed by atoms with Crippen molar-refractivity contribution in [2.45, 2.75) is 6.04 Å². The Morgan fingerprint density at radius 1 is 1.05 bits per heavy atom. The molecule has 0 saturated heterocycles. The molecule has 0 aliphatic heterocycles. The van der Waals surface area contributed by atoms with Crippen LogP contribution >= 0.6 is 27.5 Å². The zero-order chi connectivity index (χ0) is 14.9. The molecule has 0 radical (unpaired) electrons. The van der Waals surface area contributed by atoms with Gasteiger partial charge >= 0.3 is 0 Å². The normalized spacial score (nSPS) is 12.5. The van der Waals surface area contributed by atoms with Gasteiger partial charge in [-0.15, -0.1) is 0 Å². The molecule has 106 valence electrons. The van der Waals surface area contributed by atoms with Gasteiger partial charge in [0.15, 0.2) is 11.6 Å². The molecule has 2 rings (SSSR count). The fourth-order valence-electron chi connectivity index (χ4n) is 1.98. The van der Waals surface area contributed by atoms with Crippen LogP contribution < -0.4 is 5.32 Å². The molecule has 20 heavy (non-hydrogen) atoms. The quantitative estimate of drug-likeness (QED) is 0.769. The lowest BCUT2D eigenvalue weighted by Gasteiger charge is -2.20. The predicted octanol–water partition coefficient (Wildman–Crippen LogP) is 4.83. The van der Waals surface area contributed by atoms with E-state index in [1.165, 1.54) is 12.1 Å². The summed E-state index contributed by atoms with van der Waals surface area (Å²) >= 11 is 9.11. The van der Waals surface area contributed by atoms with Gasteiger partial charge in [-0.3, -0.25) is 0 Å². The van der Waals surface area contributed by atoms with Gasteiger partial charge in [-0.2, -0.15) is 0 Å². The second-order valence-electron chi connectivity index (χ2n) is 4.15. The minimum absolute atomic E-state index is 0.0689. The topological polar surface area (TPSA) is 12.0 Å². The minimum atomic E-state index is -1.02.